The fourth-order valence-corrected chi connectivity index (χ4v) is 2.15. The first kappa shape index (κ1) is 14.9. The highest BCUT2D eigenvalue weighted by atomic mass is 32.3. The van der Waals surface area contributed by atoms with Gasteiger partial charge in [-0.3, -0.25) is 10.3 Å². The zero-order chi connectivity index (χ0) is 15.3. The molecule has 1 aromatic heterocycles. The number of amides is 1. The molecule has 1 aromatic carbocycles. The molecule has 1 N–H and O–H groups in total. The fraction of sp³-hybridized carbons (Fsp3) is 0.0769. The van der Waals surface area contributed by atoms with Crippen LogP contribution in [0.25, 0.3) is 0 Å². The van der Waals surface area contributed by atoms with Gasteiger partial charge in [0, 0.05) is 6.20 Å². The van der Waals surface area contributed by atoms with Crippen molar-refractivity contribution in [2.75, 3.05) is 5.32 Å². The quantitative estimate of drug-likeness (QED) is 0.877. The number of aromatic nitrogens is 1. The van der Waals surface area contributed by atoms with Gasteiger partial charge in [-0.05, 0) is 11.6 Å². The van der Waals surface area contributed by atoms with Crippen LogP contribution in [-0.4, -0.2) is 19.5 Å². The Morgan fingerprint density at radius 1 is 1.24 bits per heavy atom. The Balaban J connectivity index is 2.04. The van der Waals surface area contributed by atoms with Crippen LogP contribution in [0.3, 0.4) is 0 Å². The van der Waals surface area contributed by atoms with Gasteiger partial charge in [0.25, 0.3) is 0 Å². The van der Waals surface area contributed by atoms with Crippen LogP contribution in [-0.2, 0) is 21.6 Å². The van der Waals surface area contributed by atoms with Crippen molar-refractivity contribution in [2.24, 2.45) is 0 Å². The van der Waals surface area contributed by atoms with Gasteiger partial charge in [0.15, 0.2) is 0 Å². The second kappa shape index (κ2) is 6.31. The van der Waals surface area contributed by atoms with Gasteiger partial charge in [0.1, 0.15) is 11.5 Å². The van der Waals surface area contributed by atoms with Crippen LogP contribution in [0.1, 0.15) is 5.56 Å². The molecule has 0 aliphatic heterocycles. The van der Waals surface area contributed by atoms with E-state index < -0.39 is 21.2 Å². The van der Waals surface area contributed by atoms with Crippen LogP contribution in [0.2, 0.25) is 0 Å². The van der Waals surface area contributed by atoms with Crippen molar-refractivity contribution in [3.8, 4) is 0 Å². The van der Waals surface area contributed by atoms with E-state index in [1.54, 1.807) is 24.3 Å². The molecule has 0 aliphatic rings. The minimum Gasteiger partial charge on any atom is -0.444 e. The third-order valence-corrected chi connectivity index (χ3v) is 3.37. The van der Waals surface area contributed by atoms with Gasteiger partial charge in [-0.15, -0.1) is 3.89 Å². The lowest BCUT2D eigenvalue weighted by atomic mass is 10.2. The van der Waals surface area contributed by atoms with Crippen molar-refractivity contribution < 1.29 is 21.8 Å². The molecule has 21 heavy (non-hydrogen) atoms. The number of pyridine rings is 1. The predicted molar refractivity (Wildman–Crippen MR) is 72.8 cm³/mol. The summed E-state index contributed by atoms with van der Waals surface area (Å²) < 4.78 is 39.8. The van der Waals surface area contributed by atoms with Crippen LogP contribution in [0.4, 0.5) is 14.4 Å². The van der Waals surface area contributed by atoms with E-state index in [-0.39, 0.29) is 12.3 Å². The second-order valence-electron chi connectivity index (χ2n) is 4.00. The summed E-state index contributed by atoms with van der Waals surface area (Å²) in [6, 6.07) is 9.85. The minimum absolute atomic E-state index is 0.00461. The van der Waals surface area contributed by atoms with Gasteiger partial charge in [0.05, 0.1) is 11.9 Å². The van der Waals surface area contributed by atoms with E-state index >= 15 is 0 Å². The van der Waals surface area contributed by atoms with E-state index in [1.807, 2.05) is 6.07 Å². The number of anilines is 1. The maximum Gasteiger partial charge on any atom is 0.412 e. The highest BCUT2D eigenvalue weighted by Gasteiger charge is 2.19. The van der Waals surface area contributed by atoms with Gasteiger partial charge < -0.3 is 4.74 Å². The number of carbonyl (C=O) groups is 1. The fourth-order valence-electron chi connectivity index (χ4n) is 1.56. The van der Waals surface area contributed by atoms with Crippen LogP contribution in [0.5, 0.6) is 0 Å². The minimum atomic E-state index is -4.96. The first-order valence-corrected chi connectivity index (χ1v) is 7.21. The highest BCUT2D eigenvalue weighted by molar-refractivity contribution is 7.86. The summed E-state index contributed by atoms with van der Waals surface area (Å²) in [4.78, 5) is 14.5. The molecule has 0 fully saturated rings. The molecular formula is C13H11FN2O4S. The second-order valence-corrected chi connectivity index (χ2v) is 5.31. The van der Waals surface area contributed by atoms with Crippen molar-refractivity contribution in [2.45, 2.75) is 11.5 Å². The molecule has 8 heteroatoms. The third-order valence-electron chi connectivity index (χ3n) is 2.49. The first-order chi connectivity index (χ1) is 9.97. The molecule has 0 saturated carbocycles. The van der Waals surface area contributed by atoms with Gasteiger partial charge in [0.2, 0.25) is 0 Å². The Bertz CT molecular complexity index is 735. The predicted octanol–water partition coefficient (Wildman–Crippen LogP) is 2.49. The number of nitrogens with one attached hydrogen (secondary N) is 1. The number of benzene rings is 1. The maximum absolute atomic E-state index is 13.0. The number of rotatable bonds is 4. The molecule has 2 rings (SSSR count). The van der Waals surface area contributed by atoms with Gasteiger partial charge in [-0.25, -0.2) is 4.79 Å². The van der Waals surface area contributed by atoms with Crippen LogP contribution in [0.15, 0.2) is 53.7 Å². The van der Waals surface area contributed by atoms with Crippen molar-refractivity contribution in [3.05, 3.63) is 54.4 Å². The Kier molecular flexibility index (Phi) is 4.49. The van der Waals surface area contributed by atoms with Crippen molar-refractivity contribution in [1.82, 2.24) is 4.98 Å². The zero-order valence-corrected chi connectivity index (χ0v) is 11.5. The Morgan fingerprint density at radius 2 is 1.95 bits per heavy atom. The monoisotopic (exact) mass is 310 g/mol. The average Bonchev–Trinajstić information content (AvgIpc) is 2.46. The van der Waals surface area contributed by atoms with Crippen molar-refractivity contribution in [3.63, 3.8) is 0 Å². The molecule has 0 saturated heterocycles. The molecule has 2 aromatic rings. The lowest BCUT2D eigenvalue weighted by molar-refractivity contribution is 0.155. The molecule has 0 unspecified atom stereocenters. The van der Waals surface area contributed by atoms with Gasteiger partial charge in [-0.1, -0.05) is 30.3 Å². The summed E-state index contributed by atoms with van der Waals surface area (Å²) in [5.41, 5.74) is 0.482. The number of ether oxygens (including phenoxy) is 1. The van der Waals surface area contributed by atoms with E-state index in [0.29, 0.717) is 0 Å². The Labute approximate surface area is 120 Å². The lowest BCUT2D eigenvalue weighted by Gasteiger charge is -2.08. The number of hydrogen-bond acceptors (Lipinski definition) is 5. The van der Waals surface area contributed by atoms with E-state index in [0.717, 1.165) is 24.0 Å². The highest BCUT2D eigenvalue weighted by Crippen LogP contribution is 2.21. The molecular weight excluding hydrogens is 299 g/mol. The normalized spacial score (nSPS) is 10.9. The number of carbonyl (C=O) groups excluding carboxylic acids is 1. The van der Waals surface area contributed by atoms with E-state index in [2.05, 4.69) is 10.3 Å². The van der Waals surface area contributed by atoms with Gasteiger partial charge in [-0.2, -0.15) is 8.42 Å². The standard InChI is InChI=1S/C13H11FN2O4S/c14-21(18,19)12-6-7-15-8-11(12)16-13(17)20-9-10-4-2-1-3-5-10/h1-8H,9H2,(H,16,17). The molecule has 1 heterocycles. The van der Waals surface area contributed by atoms with Crippen LogP contribution in [0, 0.1) is 0 Å². The van der Waals surface area contributed by atoms with Crippen LogP contribution >= 0.6 is 0 Å². The topological polar surface area (TPSA) is 85.4 Å². The maximum atomic E-state index is 13.0. The van der Waals surface area contributed by atoms with E-state index in [4.69, 9.17) is 4.74 Å². The zero-order valence-electron chi connectivity index (χ0n) is 10.7. The summed E-state index contributed by atoms with van der Waals surface area (Å²) in [5, 5.41) is 2.14. The Morgan fingerprint density at radius 3 is 2.62 bits per heavy atom. The molecule has 110 valence electrons. The van der Waals surface area contributed by atoms with Crippen molar-refractivity contribution >= 4 is 22.0 Å². The van der Waals surface area contributed by atoms with Crippen molar-refractivity contribution in [1.29, 1.82) is 0 Å². The summed E-state index contributed by atoms with van der Waals surface area (Å²) in [6.07, 6.45) is 1.22. The molecule has 0 radical (unpaired) electrons. The molecule has 0 aliphatic carbocycles. The summed E-state index contributed by atoms with van der Waals surface area (Å²) in [7, 11) is -4.96. The SMILES string of the molecule is O=C(Nc1cnccc1S(=O)(=O)F)OCc1ccccc1. The van der Waals surface area contributed by atoms with E-state index in [1.165, 1.54) is 0 Å². The summed E-state index contributed by atoms with van der Waals surface area (Å²) in [6.45, 7) is 0.00461. The molecule has 0 atom stereocenters. The molecule has 0 bridgehead atoms. The number of nitrogens with zero attached hydrogens (tertiary/aromatic N) is 1. The summed E-state index contributed by atoms with van der Waals surface area (Å²) in [5.74, 6) is 0. The average molecular weight is 310 g/mol. The summed E-state index contributed by atoms with van der Waals surface area (Å²) >= 11 is 0. The van der Waals surface area contributed by atoms with Gasteiger partial charge >= 0.3 is 16.3 Å². The van der Waals surface area contributed by atoms with Crippen LogP contribution < -0.4 is 5.32 Å². The third kappa shape index (κ3) is 4.25. The van der Waals surface area contributed by atoms with E-state index in [9.17, 15) is 17.1 Å². The Hall–Kier alpha value is -2.48. The first-order valence-electron chi connectivity index (χ1n) is 5.83. The number of hydrogen-bond donors (Lipinski definition) is 1. The molecule has 6 nitrogen and oxygen atoms in total. The number of halogens is 1. The smallest absolute Gasteiger partial charge is 0.412 e. The molecule has 0 spiro atoms. The lowest BCUT2D eigenvalue weighted by Crippen LogP contribution is -2.15. The largest absolute Gasteiger partial charge is 0.444 e. The molecule has 1 amide bonds.